The fraction of sp³-hybridized carbons (Fsp3) is 0.179. The van der Waals surface area contributed by atoms with Crippen molar-refractivity contribution in [1.82, 2.24) is 15.1 Å². The zero-order chi connectivity index (χ0) is 25.9. The minimum Gasteiger partial charge on any atom is -0.507 e. The molecule has 0 spiro atoms. The number of carbonyl (C=O) groups is 2. The topological polar surface area (TPSA) is 96.2 Å². The first-order valence-electron chi connectivity index (χ1n) is 11.9. The van der Waals surface area contributed by atoms with Gasteiger partial charge in [0.1, 0.15) is 11.6 Å². The third-order valence-corrected chi connectivity index (χ3v) is 6.67. The first kappa shape index (κ1) is 24.5. The van der Waals surface area contributed by atoms with Crippen LogP contribution in [0.5, 0.6) is 5.75 Å². The van der Waals surface area contributed by atoms with Crippen LogP contribution in [0.25, 0.3) is 11.3 Å². The van der Waals surface area contributed by atoms with Crippen LogP contribution < -0.4 is 10.6 Å². The molecule has 7 nitrogen and oxygen atoms in total. The summed E-state index contributed by atoms with van der Waals surface area (Å²) in [6, 6.07) is 18.6. The largest absolute Gasteiger partial charge is 0.507 e. The fourth-order valence-electron chi connectivity index (χ4n) is 4.21. The average molecular weight is 519 g/mol. The summed E-state index contributed by atoms with van der Waals surface area (Å²) in [5.41, 5.74) is 3.06. The molecule has 1 saturated carbocycles. The number of amides is 2. The van der Waals surface area contributed by atoms with Crippen LogP contribution in [0.4, 0.5) is 14.9 Å². The number of hydrogen-bond donors (Lipinski definition) is 3. The molecule has 4 aromatic rings. The average Bonchev–Trinajstić information content (AvgIpc) is 3.27. The van der Waals surface area contributed by atoms with E-state index in [1.165, 1.54) is 22.9 Å². The Morgan fingerprint density at radius 3 is 2.54 bits per heavy atom. The van der Waals surface area contributed by atoms with Gasteiger partial charge < -0.3 is 15.7 Å². The van der Waals surface area contributed by atoms with Gasteiger partial charge in [-0.1, -0.05) is 30.2 Å². The molecule has 2 amide bonds. The van der Waals surface area contributed by atoms with Crippen LogP contribution in [0.1, 0.15) is 46.8 Å². The molecule has 3 N–H and O–H groups in total. The van der Waals surface area contributed by atoms with Crippen molar-refractivity contribution >= 4 is 29.2 Å². The second-order valence-corrected chi connectivity index (χ2v) is 9.41. The molecule has 1 aliphatic carbocycles. The minimum absolute atomic E-state index is 0.0329. The van der Waals surface area contributed by atoms with E-state index >= 15 is 0 Å². The van der Waals surface area contributed by atoms with Crippen molar-refractivity contribution < 1.29 is 19.1 Å². The molecule has 37 heavy (non-hydrogen) atoms. The monoisotopic (exact) mass is 518 g/mol. The molecule has 0 aliphatic heterocycles. The number of aromatic hydroxyl groups is 1. The van der Waals surface area contributed by atoms with Gasteiger partial charge in [-0.15, -0.1) is 0 Å². The highest BCUT2D eigenvalue weighted by atomic mass is 35.5. The van der Waals surface area contributed by atoms with Crippen LogP contribution in [-0.2, 0) is 6.54 Å². The van der Waals surface area contributed by atoms with E-state index in [0.717, 1.165) is 25.0 Å². The van der Waals surface area contributed by atoms with Crippen molar-refractivity contribution in [3.63, 3.8) is 0 Å². The molecule has 0 atom stereocenters. The van der Waals surface area contributed by atoms with Crippen molar-refractivity contribution in [3.8, 4) is 17.0 Å². The molecule has 0 bridgehead atoms. The second kappa shape index (κ2) is 10.4. The predicted octanol–water partition coefficient (Wildman–Crippen LogP) is 6.33. The first-order chi connectivity index (χ1) is 17.9. The Labute approximate surface area is 217 Å². The third-order valence-electron chi connectivity index (χ3n) is 6.42. The van der Waals surface area contributed by atoms with E-state index < -0.39 is 6.03 Å². The van der Waals surface area contributed by atoms with Gasteiger partial charge in [0.25, 0.3) is 5.91 Å². The highest BCUT2D eigenvalue weighted by molar-refractivity contribution is 6.30. The minimum atomic E-state index is -0.441. The summed E-state index contributed by atoms with van der Waals surface area (Å²) < 4.78 is 14.8. The number of aromatic nitrogens is 2. The van der Waals surface area contributed by atoms with Crippen molar-refractivity contribution in [2.75, 3.05) is 5.32 Å². The summed E-state index contributed by atoms with van der Waals surface area (Å²) >= 11 is 5.90. The summed E-state index contributed by atoms with van der Waals surface area (Å²) in [4.78, 5) is 25.7. The third kappa shape index (κ3) is 5.49. The van der Waals surface area contributed by atoms with E-state index in [1.807, 2.05) is 0 Å². The van der Waals surface area contributed by atoms with Gasteiger partial charge in [0.2, 0.25) is 0 Å². The van der Waals surface area contributed by atoms with E-state index in [-0.39, 0.29) is 29.9 Å². The van der Waals surface area contributed by atoms with Gasteiger partial charge in [-0.3, -0.25) is 4.79 Å². The lowest BCUT2D eigenvalue weighted by Gasteiger charge is -2.25. The van der Waals surface area contributed by atoms with Crippen LogP contribution in [0.15, 0.2) is 72.8 Å². The Bertz CT molecular complexity index is 1460. The summed E-state index contributed by atoms with van der Waals surface area (Å²) in [5.74, 6) is -0.557. The summed E-state index contributed by atoms with van der Waals surface area (Å²) in [5, 5.41) is 21.2. The van der Waals surface area contributed by atoms with Crippen molar-refractivity contribution in [2.45, 2.75) is 31.7 Å². The number of nitrogens with zero attached hydrogens (tertiary/aromatic N) is 2. The fourth-order valence-corrected chi connectivity index (χ4v) is 4.33. The standard InChI is InChI=1S/C28H24ClFN4O3/c29-20-9-7-19(8-10-20)27(36)32-22-11-12-26(35)23(14-22)24-15-25(18-4-2-5-18)34(33-24)28(37)31-16-17-3-1-6-21(30)13-17/h1,3,6-15,18,35H,2,4-5,16H2,(H,31,37)(H,32,36). The molecule has 5 rings (SSSR count). The van der Waals surface area contributed by atoms with Gasteiger partial charge >= 0.3 is 6.03 Å². The zero-order valence-corrected chi connectivity index (χ0v) is 20.5. The van der Waals surface area contributed by atoms with E-state index in [4.69, 9.17) is 11.6 Å². The van der Waals surface area contributed by atoms with Gasteiger partial charge in [0.15, 0.2) is 0 Å². The number of hydrogen-bond acceptors (Lipinski definition) is 4. The van der Waals surface area contributed by atoms with Crippen molar-refractivity contribution in [2.24, 2.45) is 0 Å². The Morgan fingerprint density at radius 1 is 1.05 bits per heavy atom. The van der Waals surface area contributed by atoms with Crippen molar-refractivity contribution in [3.05, 3.63) is 100 Å². The predicted molar refractivity (Wildman–Crippen MR) is 139 cm³/mol. The number of halogens is 2. The second-order valence-electron chi connectivity index (χ2n) is 8.98. The van der Waals surface area contributed by atoms with E-state index in [0.29, 0.717) is 33.1 Å². The number of benzene rings is 3. The highest BCUT2D eigenvalue weighted by Crippen LogP contribution is 2.39. The Hall–Kier alpha value is -4.17. The lowest BCUT2D eigenvalue weighted by atomic mass is 9.82. The molecule has 1 aliphatic rings. The zero-order valence-electron chi connectivity index (χ0n) is 19.7. The van der Waals surface area contributed by atoms with Gasteiger partial charge in [0.05, 0.1) is 11.4 Å². The van der Waals surface area contributed by atoms with Crippen LogP contribution in [-0.4, -0.2) is 26.8 Å². The van der Waals surface area contributed by atoms with E-state index in [2.05, 4.69) is 15.7 Å². The molecule has 9 heteroatoms. The smallest absolute Gasteiger partial charge is 0.342 e. The summed E-state index contributed by atoms with van der Waals surface area (Å²) in [7, 11) is 0. The maximum atomic E-state index is 13.5. The SMILES string of the molecule is O=C(Nc1ccc(O)c(-c2cc(C3CCC3)n(C(=O)NCc3cccc(F)c3)n2)c1)c1ccc(Cl)cc1. The quantitative estimate of drug-likeness (QED) is 0.260. The molecule has 0 radical (unpaired) electrons. The van der Waals surface area contributed by atoms with Crippen LogP contribution in [0.3, 0.4) is 0 Å². The van der Waals surface area contributed by atoms with Crippen molar-refractivity contribution in [1.29, 1.82) is 0 Å². The van der Waals surface area contributed by atoms with Gasteiger partial charge in [0, 0.05) is 34.3 Å². The molecule has 1 heterocycles. The molecular formula is C28H24ClFN4O3. The Morgan fingerprint density at radius 2 is 1.84 bits per heavy atom. The number of phenolic OH excluding ortho intramolecular Hbond substituents is 1. The molecule has 1 fully saturated rings. The number of nitrogens with one attached hydrogen (secondary N) is 2. The Balaban J connectivity index is 1.40. The van der Waals surface area contributed by atoms with E-state index in [9.17, 15) is 19.1 Å². The maximum absolute atomic E-state index is 13.5. The molecule has 0 unspecified atom stereocenters. The lowest BCUT2D eigenvalue weighted by Crippen LogP contribution is -2.31. The molecule has 0 saturated heterocycles. The first-order valence-corrected chi connectivity index (χ1v) is 12.3. The molecule has 3 aromatic carbocycles. The number of phenols is 1. The maximum Gasteiger partial charge on any atom is 0.342 e. The van der Waals surface area contributed by atoms with Gasteiger partial charge in [-0.2, -0.15) is 9.78 Å². The number of carbonyl (C=O) groups excluding carboxylic acids is 2. The summed E-state index contributed by atoms with van der Waals surface area (Å²) in [6.07, 6.45) is 2.94. The molecule has 1 aromatic heterocycles. The number of anilines is 1. The normalized spacial score (nSPS) is 13.1. The molecule has 188 valence electrons. The van der Waals surface area contributed by atoms with Crippen LogP contribution in [0.2, 0.25) is 5.02 Å². The van der Waals surface area contributed by atoms with Gasteiger partial charge in [-0.05, 0) is 79.1 Å². The number of rotatable bonds is 6. The van der Waals surface area contributed by atoms with E-state index in [1.54, 1.807) is 54.6 Å². The highest BCUT2D eigenvalue weighted by Gasteiger charge is 2.27. The summed E-state index contributed by atoms with van der Waals surface area (Å²) in [6.45, 7) is 0.146. The molecular weight excluding hydrogens is 495 g/mol. The Kier molecular flexibility index (Phi) is 6.92. The van der Waals surface area contributed by atoms with Crippen LogP contribution >= 0.6 is 11.6 Å². The van der Waals surface area contributed by atoms with Crippen LogP contribution in [0, 0.1) is 5.82 Å². The van der Waals surface area contributed by atoms with Gasteiger partial charge in [-0.25, -0.2) is 9.18 Å². The lowest BCUT2D eigenvalue weighted by molar-refractivity contribution is 0.102.